The number of fused-ring (bicyclic) bond motifs is 4. The number of amides is 1. The van der Waals surface area contributed by atoms with Gasteiger partial charge < -0.3 is 14.1 Å². The second-order valence-electron chi connectivity index (χ2n) is 9.02. The van der Waals surface area contributed by atoms with E-state index in [1.165, 1.54) is 11.3 Å². The number of halogens is 1. The standard InChI is InChI=1S/C28H27N3O4S.ClH/c1-17-10-12-23(34-4)24-25(17)36-28(29-24)31(15-7-14-30(2)3)26(32)21-16-20-19-9-6-5-8-18(19)11-13-22(20)35-27(21)33;/h5-6,8-13,16H,7,14-15H2,1-4H3;1H. The lowest BCUT2D eigenvalue weighted by molar-refractivity contribution is 0.0982. The number of nitrogens with zero attached hydrogens (tertiary/aromatic N) is 3. The molecule has 0 N–H and O–H groups in total. The number of rotatable bonds is 7. The molecule has 0 aliphatic rings. The molecular weight excluding hydrogens is 510 g/mol. The Kier molecular flexibility index (Phi) is 7.82. The lowest BCUT2D eigenvalue weighted by atomic mass is 10.0. The van der Waals surface area contributed by atoms with Crippen molar-refractivity contribution in [2.45, 2.75) is 13.3 Å². The zero-order valence-corrected chi connectivity index (χ0v) is 22.7. The van der Waals surface area contributed by atoms with Gasteiger partial charge in [-0.2, -0.15) is 0 Å². The first kappa shape index (κ1) is 26.6. The van der Waals surface area contributed by atoms with Gasteiger partial charge in [0, 0.05) is 11.9 Å². The first-order valence-electron chi connectivity index (χ1n) is 11.7. The van der Waals surface area contributed by atoms with Gasteiger partial charge in [0.2, 0.25) is 0 Å². The van der Waals surface area contributed by atoms with Crippen molar-refractivity contribution in [3.05, 3.63) is 76.1 Å². The largest absolute Gasteiger partial charge is 0.494 e. The molecule has 9 heteroatoms. The van der Waals surface area contributed by atoms with Crippen LogP contribution in [-0.2, 0) is 0 Å². The van der Waals surface area contributed by atoms with Gasteiger partial charge in [0.15, 0.2) is 5.13 Å². The SMILES string of the molecule is COc1ccc(C)c2sc(N(CCCN(C)C)C(=O)c3cc4c(ccc5ccccc54)oc3=O)nc12.Cl. The normalized spacial score (nSPS) is 11.3. The van der Waals surface area contributed by atoms with E-state index in [9.17, 15) is 9.59 Å². The molecule has 0 aliphatic carbocycles. The molecule has 0 saturated heterocycles. The smallest absolute Gasteiger partial charge is 0.349 e. The molecule has 0 fully saturated rings. The summed E-state index contributed by atoms with van der Waals surface area (Å²) in [7, 11) is 5.58. The van der Waals surface area contributed by atoms with E-state index < -0.39 is 11.5 Å². The van der Waals surface area contributed by atoms with Crippen LogP contribution >= 0.6 is 23.7 Å². The Morgan fingerprint density at radius 3 is 2.59 bits per heavy atom. The molecule has 0 radical (unpaired) electrons. The third-order valence-corrected chi connectivity index (χ3v) is 7.46. The number of methoxy groups -OCH3 is 1. The molecule has 0 aliphatic heterocycles. The van der Waals surface area contributed by atoms with E-state index in [1.807, 2.05) is 63.5 Å². The van der Waals surface area contributed by atoms with Gasteiger partial charge in [-0.25, -0.2) is 9.78 Å². The molecular formula is C28H28ClN3O4S. The molecule has 0 atom stereocenters. The summed E-state index contributed by atoms with van der Waals surface area (Å²) in [5.41, 5.74) is 1.54. The monoisotopic (exact) mass is 537 g/mol. The number of benzene rings is 3. The zero-order valence-electron chi connectivity index (χ0n) is 21.1. The molecule has 0 unspecified atom stereocenters. The van der Waals surface area contributed by atoms with Gasteiger partial charge in [-0.15, -0.1) is 12.4 Å². The average molecular weight is 538 g/mol. The van der Waals surface area contributed by atoms with Crippen LogP contribution in [0.2, 0.25) is 0 Å². The summed E-state index contributed by atoms with van der Waals surface area (Å²) in [4.78, 5) is 35.4. The Balaban J connectivity index is 0.00000320. The second kappa shape index (κ2) is 10.9. The molecule has 2 heterocycles. The van der Waals surface area contributed by atoms with Gasteiger partial charge in [-0.05, 0) is 68.5 Å². The maximum Gasteiger partial charge on any atom is 0.349 e. The third-order valence-electron chi connectivity index (χ3n) is 6.25. The molecule has 0 bridgehead atoms. The fraction of sp³-hybridized carbons (Fsp3) is 0.250. The van der Waals surface area contributed by atoms with Crippen LogP contribution in [0.1, 0.15) is 22.3 Å². The van der Waals surface area contributed by atoms with Crippen molar-refractivity contribution >= 4 is 66.7 Å². The molecule has 1 amide bonds. The van der Waals surface area contributed by atoms with Crippen LogP contribution in [0.25, 0.3) is 32.0 Å². The van der Waals surface area contributed by atoms with Crippen LogP contribution in [0, 0.1) is 6.92 Å². The Morgan fingerprint density at radius 2 is 1.84 bits per heavy atom. The van der Waals surface area contributed by atoms with Gasteiger partial charge >= 0.3 is 5.63 Å². The van der Waals surface area contributed by atoms with Crippen LogP contribution in [0.15, 0.2) is 63.8 Å². The highest BCUT2D eigenvalue weighted by Gasteiger charge is 2.26. The van der Waals surface area contributed by atoms with E-state index in [0.29, 0.717) is 34.9 Å². The number of thiazole rings is 1. The maximum absolute atomic E-state index is 13.9. The second-order valence-corrected chi connectivity index (χ2v) is 10.00. The molecule has 3 aromatic carbocycles. The first-order valence-corrected chi connectivity index (χ1v) is 12.6. The molecule has 7 nitrogen and oxygen atoms in total. The van der Waals surface area contributed by atoms with Crippen LogP contribution < -0.4 is 15.3 Å². The summed E-state index contributed by atoms with van der Waals surface area (Å²) in [6, 6.07) is 17.0. The van der Waals surface area contributed by atoms with Gasteiger partial charge in [0.1, 0.15) is 22.4 Å². The minimum Gasteiger partial charge on any atom is -0.494 e. The maximum atomic E-state index is 13.9. The number of aromatic nitrogens is 1. The van der Waals surface area contributed by atoms with Gasteiger partial charge in [0.05, 0.1) is 11.8 Å². The van der Waals surface area contributed by atoms with E-state index in [2.05, 4.69) is 4.90 Å². The summed E-state index contributed by atoms with van der Waals surface area (Å²) in [6.45, 7) is 3.20. The minimum absolute atomic E-state index is 0. The van der Waals surface area contributed by atoms with Crippen molar-refractivity contribution in [1.82, 2.24) is 9.88 Å². The summed E-state index contributed by atoms with van der Waals surface area (Å²) in [5.74, 6) is 0.225. The Hall–Kier alpha value is -3.46. The lowest BCUT2D eigenvalue weighted by Gasteiger charge is -2.20. The summed E-state index contributed by atoms with van der Waals surface area (Å²) in [5, 5.41) is 3.19. The van der Waals surface area contributed by atoms with Gasteiger partial charge in [-0.3, -0.25) is 9.69 Å². The summed E-state index contributed by atoms with van der Waals surface area (Å²) in [6.07, 6.45) is 0.715. The van der Waals surface area contributed by atoms with Crippen molar-refractivity contribution in [2.24, 2.45) is 0 Å². The molecule has 0 saturated carbocycles. The number of aryl methyl sites for hydroxylation is 1. The van der Waals surface area contributed by atoms with Gasteiger partial charge in [-0.1, -0.05) is 47.7 Å². The molecule has 37 heavy (non-hydrogen) atoms. The number of anilines is 1. The fourth-order valence-electron chi connectivity index (χ4n) is 4.37. The van der Waals surface area contributed by atoms with Crippen LogP contribution in [-0.4, -0.2) is 50.1 Å². The van der Waals surface area contributed by atoms with E-state index in [1.54, 1.807) is 24.1 Å². The molecule has 0 spiro atoms. The van der Waals surface area contributed by atoms with Crippen molar-refractivity contribution in [2.75, 3.05) is 39.2 Å². The van der Waals surface area contributed by atoms with Crippen molar-refractivity contribution in [3.63, 3.8) is 0 Å². The highest BCUT2D eigenvalue weighted by Crippen LogP contribution is 2.37. The Morgan fingerprint density at radius 1 is 1.05 bits per heavy atom. The zero-order chi connectivity index (χ0) is 25.4. The predicted molar refractivity (Wildman–Crippen MR) is 153 cm³/mol. The summed E-state index contributed by atoms with van der Waals surface area (Å²) >= 11 is 1.42. The highest BCUT2D eigenvalue weighted by atomic mass is 35.5. The van der Waals surface area contributed by atoms with E-state index in [-0.39, 0.29) is 18.0 Å². The van der Waals surface area contributed by atoms with Crippen LogP contribution in [0.3, 0.4) is 0 Å². The highest BCUT2D eigenvalue weighted by molar-refractivity contribution is 7.22. The Labute approximate surface area is 224 Å². The van der Waals surface area contributed by atoms with Crippen molar-refractivity contribution < 1.29 is 13.9 Å². The molecule has 5 rings (SSSR count). The van der Waals surface area contributed by atoms with E-state index in [4.69, 9.17) is 14.1 Å². The third kappa shape index (κ3) is 5.05. The fourth-order valence-corrected chi connectivity index (χ4v) is 5.45. The number of carbonyl (C=O) groups excluding carboxylic acids is 1. The minimum atomic E-state index is -0.657. The summed E-state index contributed by atoms with van der Waals surface area (Å²) < 4.78 is 12.1. The first-order chi connectivity index (χ1) is 17.4. The number of carbonyl (C=O) groups is 1. The topological polar surface area (TPSA) is 75.9 Å². The molecule has 192 valence electrons. The predicted octanol–water partition coefficient (Wildman–Crippen LogP) is 5.89. The lowest BCUT2D eigenvalue weighted by Crippen LogP contribution is -2.36. The van der Waals surface area contributed by atoms with Crippen molar-refractivity contribution in [1.29, 1.82) is 0 Å². The number of ether oxygens (including phenoxy) is 1. The van der Waals surface area contributed by atoms with E-state index in [0.717, 1.165) is 33.0 Å². The van der Waals surface area contributed by atoms with Crippen LogP contribution in [0.5, 0.6) is 5.75 Å². The quantitative estimate of drug-likeness (QED) is 0.190. The number of hydrogen-bond acceptors (Lipinski definition) is 7. The Bertz CT molecular complexity index is 1660. The van der Waals surface area contributed by atoms with Crippen molar-refractivity contribution in [3.8, 4) is 5.75 Å². The van der Waals surface area contributed by atoms with Gasteiger partial charge in [0.25, 0.3) is 5.91 Å². The van der Waals surface area contributed by atoms with E-state index >= 15 is 0 Å². The average Bonchev–Trinajstić information content (AvgIpc) is 3.32. The molecule has 2 aromatic heterocycles. The number of hydrogen-bond donors (Lipinski definition) is 0. The van der Waals surface area contributed by atoms with Crippen LogP contribution in [0.4, 0.5) is 5.13 Å². The molecule has 5 aromatic rings.